The second-order valence-corrected chi connectivity index (χ2v) is 9.20. The molecule has 2 amide bonds. The number of unbranched alkanes of at least 4 members (excludes halogenated alkanes) is 3. The monoisotopic (exact) mass is 465 g/mol. The Hall–Kier alpha value is -2.80. The van der Waals surface area contributed by atoms with Crippen LogP contribution in [0.2, 0.25) is 0 Å². The molecule has 1 fully saturated rings. The minimum absolute atomic E-state index is 0.0526. The Kier molecular flexibility index (Phi) is 9.16. The van der Waals surface area contributed by atoms with E-state index in [1.54, 1.807) is 23.4 Å². The number of piperidine rings is 1. The summed E-state index contributed by atoms with van der Waals surface area (Å²) in [5.74, 6) is 0.213. The first kappa shape index (κ1) is 25.8. The van der Waals surface area contributed by atoms with Gasteiger partial charge in [0.25, 0.3) is 5.91 Å². The third-order valence-corrected chi connectivity index (χ3v) is 7.11. The maximum absolute atomic E-state index is 12.7. The van der Waals surface area contributed by atoms with Crippen LogP contribution in [0.1, 0.15) is 91.4 Å². The Bertz CT molecular complexity index is 948. The number of benzene rings is 1. The molecule has 7 heteroatoms. The number of likely N-dealkylation sites (tertiary alicyclic amines) is 1. The Morgan fingerprint density at radius 2 is 1.68 bits per heavy atom. The smallest absolute Gasteiger partial charge is 0.256 e. The van der Waals surface area contributed by atoms with Gasteiger partial charge in [0.15, 0.2) is 0 Å². The summed E-state index contributed by atoms with van der Waals surface area (Å²) >= 11 is 0. The molecule has 1 aliphatic rings. The molecular weight excluding hydrogens is 426 g/mol. The Morgan fingerprint density at radius 3 is 2.26 bits per heavy atom. The topological polar surface area (TPSA) is 92.4 Å². The minimum Gasteiger partial charge on any atom is -0.366 e. The highest BCUT2D eigenvalue weighted by molar-refractivity contribution is 5.94. The number of hydrogen-bond acceptors (Lipinski definition) is 5. The third-order valence-electron chi connectivity index (χ3n) is 7.11. The number of amides is 2. The predicted octanol–water partition coefficient (Wildman–Crippen LogP) is 4.02. The Labute approximate surface area is 203 Å². The molecule has 2 aromatic rings. The summed E-state index contributed by atoms with van der Waals surface area (Å²) < 4.78 is 0. The van der Waals surface area contributed by atoms with Crippen molar-refractivity contribution in [1.29, 1.82) is 0 Å². The molecule has 2 heterocycles. The maximum atomic E-state index is 12.7. The molecule has 34 heavy (non-hydrogen) atoms. The van der Waals surface area contributed by atoms with Crippen LogP contribution >= 0.6 is 0 Å². The summed E-state index contributed by atoms with van der Waals surface area (Å²) in [5.41, 5.74) is 7.17. The van der Waals surface area contributed by atoms with Crippen LogP contribution in [0.25, 0.3) is 0 Å². The largest absolute Gasteiger partial charge is 0.366 e. The Morgan fingerprint density at radius 1 is 1.00 bits per heavy atom. The van der Waals surface area contributed by atoms with Gasteiger partial charge in [-0.2, -0.15) is 0 Å². The van der Waals surface area contributed by atoms with Crippen LogP contribution in [0.3, 0.4) is 0 Å². The van der Waals surface area contributed by atoms with Gasteiger partial charge in [-0.05, 0) is 70.4 Å². The summed E-state index contributed by atoms with van der Waals surface area (Å²) in [4.78, 5) is 38.3. The van der Waals surface area contributed by atoms with E-state index >= 15 is 0 Å². The van der Waals surface area contributed by atoms with E-state index in [1.807, 2.05) is 32.0 Å². The highest BCUT2D eigenvalue weighted by Gasteiger charge is 2.40. The number of nitrogens with two attached hydrogens (primary N) is 1. The van der Waals surface area contributed by atoms with Crippen molar-refractivity contribution in [2.75, 3.05) is 32.7 Å². The molecule has 0 aliphatic carbocycles. The SMILES string of the molecule is CCCCCCN1CCC(c2cccc(C(N)=O)c2)(c2ncc(C(=O)N(CC)CC)cn2)CC1. The zero-order valence-electron chi connectivity index (χ0n) is 20.9. The van der Waals surface area contributed by atoms with Gasteiger partial charge in [0, 0.05) is 31.0 Å². The normalized spacial score (nSPS) is 15.7. The van der Waals surface area contributed by atoms with Gasteiger partial charge in [0.2, 0.25) is 5.91 Å². The standard InChI is InChI=1S/C27H39N5O2/c1-4-7-8-9-15-31-16-13-27(14-17-31,23-12-10-11-21(18-23)24(28)33)26-29-19-22(20-30-26)25(34)32(5-2)6-3/h10-12,18-20H,4-9,13-17H2,1-3H3,(H2,28,33). The lowest BCUT2D eigenvalue weighted by molar-refractivity contribution is 0.0771. The molecule has 1 aromatic carbocycles. The first-order valence-corrected chi connectivity index (χ1v) is 12.7. The van der Waals surface area contributed by atoms with Crippen LogP contribution in [0.4, 0.5) is 0 Å². The van der Waals surface area contributed by atoms with Gasteiger partial charge < -0.3 is 15.5 Å². The van der Waals surface area contributed by atoms with Crippen molar-refractivity contribution in [2.45, 2.75) is 64.7 Å². The van der Waals surface area contributed by atoms with Crippen molar-refractivity contribution in [1.82, 2.24) is 19.8 Å². The highest BCUT2D eigenvalue weighted by atomic mass is 16.2. The second-order valence-electron chi connectivity index (χ2n) is 9.20. The molecule has 1 aromatic heterocycles. The first-order valence-electron chi connectivity index (χ1n) is 12.7. The second kappa shape index (κ2) is 12.1. The maximum Gasteiger partial charge on any atom is 0.256 e. The fourth-order valence-corrected chi connectivity index (χ4v) is 4.91. The summed E-state index contributed by atoms with van der Waals surface area (Å²) in [6.07, 6.45) is 10.0. The van der Waals surface area contributed by atoms with E-state index in [2.05, 4.69) is 11.8 Å². The molecule has 0 spiro atoms. The van der Waals surface area contributed by atoms with E-state index in [0.717, 1.165) is 38.0 Å². The van der Waals surface area contributed by atoms with Crippen molar-refractivity contribution in [3.05, 3.63) is 59.2 Å². The number of primary amides is 1. The Balaban J connectivity index is 1.89. The van der Waals surface area contributed by atoms with E-state index in [-0.39, 0.29) is 5.91 Å². The molecular formula is C27H39N5O2. The summed E-state index contributed by atoms with van der Waals surface area (Å²) in [6, 6.07) is 7.56. The van der Waals surface area contributed by atoms with E-state index in [4.69, 9.17) is 15.7 Å². The number of rotatable bonds is 11. The van der Waals surface area contributed by atoms with E-state index < -0.39 is 11.3 Å². The van der Waals surface area contributed by atoms with Gasteiger partial charge in [0.05, 0.1) is 11.0 Å². The van der Waals surface area contributed by atoms with Gasteiger partial charge in [-0.25, -0.2) is 9.97 Å². The van der Waals surface area contributed by atoms with Crippen LogP contribution in [0, 0.1) is 0 Å². The molecule has 1 saturated heterocycles. The van der Waals surface area contributed by atoms with Crippen molar-refractivity contribution < 1.29 is 9.59 Å². The lowest BCUT2D eigenvalue weighted by Gasteiger charge is -2.41. The van der Waals surface area contributed by atoms with Gasteiger partial charge in [-0.1, -0.05) is 38.3 Å². The number of carbonyl (C=O) groups is 2. The van der Waals surface area contributed by atoms with Crippen molar-refractivity contribution >= 4 is 11.8 Å². The zero-order chi connectivity index (χ0) is 24.6. The van der Waals surface area contributed by atoms with Crippen LogP contribution in [0.5, 0.6) is 0 Å². The fourth-order valence-electron chi connectivity index (χ4n) is 4.91. The average Bonchev–Trinajstić information content (AvgIpc) is 2.88. The molecule has 0 saturated carbocycles. The minimum atomic E-state index is -0.438. The van der Waals surface area contributed by atoms with Gasteiger partial charge in [0.1, 0.15) is 5.82 Å². The quantitative estimate of drug-likeness (QED) is 0.506. The van der Waals surface area contributed by atoms with Gasteiger partial charge in [-0.15, -0.1) is 0 Å². The fraction of sp³-hybridized carbons (Fsp3) is 0.556. The molecule has 7 nitrogen and oxygen atoms in total. The molecule has 0 unspecified atom stereocenters. The summed E-state index contributed by atoms with van der Waals surface area (Å²) in [5, 5.41) is 0. The molecule has 0 atom stereocenters. The van der Waals surface area contributed by atoms with Crippen LogP contribution in [-0.4, -0.2) is 64.3 Å². The van der Waals surface area contributed by atoms with Crippen LogP contribution in [-0.2, 0) is 5.41 Å². The van der Waals surface area contributed by atoms with Crippen molar-refractivity contribution in [2.24, 2.45) is 5.73 Å². The van der Waals surface area contributed by atoms with Crippen molar-refractivity contribution in [3.63, 3.8) is 0 Å². The summed E-state index contributed by atoms with van der Waals surface area (Å²) in [7, 11) is 0. The van der Waals surface area contributed by atoms with Crippen molar-refractivity contribution in [3.8, 4) is 0 Å². The molecule has 2 N–H and O–H groups in total. The third kappa shape index (κ3) is 5.81. The van der Waals surface area contributed by atoms with Gasteiger partial charge in [-0.3, -0.25) is 9.59 Å². The molecule has 3 rings (SSSR count). The van der Waals surface area contributed by atoms with Crippen LogP contribution < -0.4 is 5.73 Å². The molecule has 1 aliphatic heterocycles. The van der Waals surface area contributed by atoms with Crippen LogP contribution in [0.15, 0.2) is 36.7 Å². The highest BCUT2D eigenvalue weighted by Crippen LogP contribution is 2.40. The van der Waals surface area contributed by atoms with E-state index in [9.17, 15) is 9.59 Å². The van der Waals surface area contributed by atoms with Gasteiger partial charge >= 0.3 is 0 Å². The average molecular weight is 466 g/mol. The first-order chi connectivity index (χ1) is 16.4. The van der Waals surface area contributed by atoms with E-state index in [1.165, 1.54) is 25.7 Å². The lowest BCUT2D eigenvalue weighted by Crippen LogP contribution is -2.44. The lowest BCUT2D eigenvalue weighted by atomic mass is 9.71. The number of hydrogen-bond donors (Lipinski definition) is 1. The molecule has 0 radical (unpaired) electrons. The summed E-state index contributed by atoms with van der Waals surface area (Å²) in [6.45, 7) is 10.4. The number of nitrogens with zero attached hydrogens (tertiary/aromatic N) is 4. The number of aromatic nitrogens is 2. The van der Waals surface area contributed by atoms with E-state index in [0.29, 0.717) is 30.0 Å². The molecule has 184 valence electrons. The molecule has 0 bridgehead atoms. The number of carbonyl (C=O) groups excluding carboxylic acids is 2. The zero-order valence-corrected chi connectivity index (χ0v) is 20.9. The predicted molar refractivity (Wildman–Crippen MR) is 135 cm³/mol.